The normalized spacial score (nSPS) is 31.1. The SMILES string of the molecule is CC.CC.CCCC1C(C)CC(CC)C1CC. The lowest BCUT2D eigenvalue weighted by Gasteiger charge is -2.24. The van der Waals surface area contributed by atoms with Crippen LogP contribution in [0.4, 0.5) is 0 Å². The van der Waals surface area contributed by atoms with Crippen LogP contribution in [-0.4, -0.2) is 0 Å². The highest BCUT2D eigenvalue weighted by atomic mass is 14.4. The quantitative estimate of drug-likeness (QED) is 0.524. The van der Waals surface area contributed by atoms with E-state index in [2.05, 4.69) is 27.7 Å². The van der Waals surface area contributed by atoms with Crippen molar-refractivity contribution in [1.29, 1.82) is 0 Å². The van der Waals surface area contributed by atoms with Gasteiger partial charge in [-0.05, 0) is 30.1 Å². The molecule has 1 fully saturated rings. The summed E-state index contributed by atoms with van der Waals surface area (Å²) in [5, 5.41) is 0. The summed E-state index contributed by atoms with van der Waals surface area (Å²) in [5.74, 6) is 4.12. The molecule has 0 aromatic carbocycles. The largest absolute Gasteiger partial charge is 0.0683 e. The van der Waals surface area contributed by atoms with Crippen LogP contribution in [0.5, 0.6) is 0 Å². The van der Waals surface area contributed by atoms with Crippen molar-refractivity contribution in [2.45, 2.75) is 87.5 Å². The van der Waals surface area contributed by atoms with E-state index >= 15 is 0 Å². The Balaban J connectivity index is 0. The van der Waals surface area contributed by atoms with Crippen molar-refractivity contribution in [2.75, 3.05) is 0 Å². The third-order valence-electron chi connectivity index (χ3n) is 4.18. The fourth-order valence-corrected chi connectivity index (χ4v) is 3.54. The van der Waals surface area contributed by atoms with Crippen molar-refractivity contribution >= 4 is 0 Å². The fraction of sp³-hybridized carbons (Fsp3) is 1.00. The molecule has 106 valence electrons. The Morgan fingerprint density at radius 2 is 1.35 bits per heavy atom. The predicted molar refractivity (Wildman–Crippen MR) is 82.4 cm³/mol. The molecule has 0 radical (unpaired) electrons. The van der Waals surface area contributed by atoms with Crippen LogP contribution in [0, 0.1) is 23.7 Å². The summed E-state index contributed by atoms with van der Waals surface area (Å²) in [7, 11) is 0. The van der Waals surface area contributed by atoms with Crippen molar-refractivity contribution in [2.24, 2.45) is 23.7 Å². The van der Waals surface area contributed by atoms with Crippen LogP contribution in [0.1, 0.15) is 87.5 Å². The second-order valence-corrected chi connectivity index (χ2v) is 4.91. The maximum atomic E-state index is 2.47. The van der Waals surface area contributed by atoms with Crippen LogP contribution in [-0.2, 0) is 0 Å². The average Bonchev–Trinajstić information content (AvgIpc) is 2.71. The Bertz CT molecular complexity index is 139. The van der Waals surface area contributed by atoms with Gasteiger partial charge in [0.2, 0.25) is 0 Å². The van der Waals surface area contributed by atoms with E-state index in [1.54, 1.807) is 0 Å². The van der Waals surface area contributed by atoms with E-state index < -0.39 is 0 Å². The first-order chi connectivity index (χ1) is 8.24. The van der Waals surface area contributed by atoms with Gasteiger partial charge in [0.15, 0.2) is 0 Å². The van der Waals surface area contributed by atoms with Crippen molar-refractivity contribution in [1.82, 2.24) is 0 Å². The molecule has 4 atom stereocenters. The van der Waals surface area contributed by atoms with Gasteiger partial charge in [-0.2, -0.15) is 0 Å². The van der Waals surface area contributed by atoms with Crippen molar-refractivity contribution < 1.29 is 0 Å². The summed E-state index contributed by atoms with van der Waals surface area (Å²) in [5.41, 5.74) is 0. The van der Waals surface area contributed by atoms with Crippen LogP contribution >= 0.6 is 0 Å². The highest BCUT2D eigenvalue weighted by Gasteiger charge is 2.37. The van der Waals surface area contributed by atoms with Gasteiger partial charge in [0.1, 0.15) is 0 Å². The summed E-state index contributed by atoms with van der Waals surface area (Å²) in [4.78, 5) is 0. The zero-order chi connectivity index (χ0) is 13.8. The molecule has 0 spiro atoms. The molecule has 0 bridgehead atoms. The third-order valence-corrected chi connectivity index (χ3v) is 4.18. The molecule has 0 nitrogen and oxygen atoms in total. The van der Waals surface area contributed by atoms with Gasteiger partial charge in [-0.25, -0.2) is 0 Å². The van der Waals surface area contributed by atoms with Crippen molar-refractivity contribution in [3.05, 3.63) is 0 Å². The maximum absolute atomic E-state index is 2.47. The Labute approximate surface area is 112 Å². The molecule has 4 unspecified atom stereocenters. The monoisotopic (exact) mass is 242 g/mol. The average molecular weight is 242 g/mol. The van der Waals surface area contributed by atoms with Crippen LogP contribution in [0.2, 0.25) is 0 Å². The van der Waals surface area contributed by atoms with Crippen LogP contribution in [0.25, 0.3) is 0 Å². The molecular weight excluding hydrogens is 204 g/mol. The Morgan fingerprint density at radius 1 is 0.824 bits per heavy atom. The molecule has 0 heteroatoms. The molecule has 0 aliphatic heterocycles. The lowest BCUT2D eigenvalue weighted by atomic mass is 9.82. The summed E-state index contributed by atoms with van der Waals surface area (Å²) in [6, 6.07) is 0. The minimum Gasteiger partial charge on any atom is -0.0683 e. The highest BCUT2D eigenvalue weighted by Crippen LogP contribution is 2.46. The van der Waals surface area contributed by atoms with E-state index in [4.69, 9.17) is 0 Å². The number of hydrogen-bond donors (Lipinski definition) is 0. The van der Waals surface area contributed by atoms with Crippen LogP contribution in [0.15, 0.2) is 0 Å². The highest BCUT2D eigenvalue weighted by molar-refractivity contribution is 4.87. The van der Waals surface area contributed by atoms with E-state index in [1.165, 1.54) is 32.1 Å². The smallest absolute Gasteiger partial charge is 0.0357 e. The van der Waals surface area contributed by atoms with Crippen LogP contribution < -0.4 is 0 Å². The first-order valence-corrected chi connectivity index (χ1v) is 8.24. The first kappa shape index (κ1) is 19.3. The Morgan fingerprint density at radius 3 is 1.71 bits per heavy atom. The molecule has 1 rings (SSSR count). The summed E-state index contributed by atoms with van der Waals surface area (Å²) in [6.07, 6.45) is 7.16. The van der Waals surface area contributed by atoms with Crippen molar-refractivity contribution in [3.63, 3.8) is 0 Å². The molecule has 1 saturated carbocycles. The lowest BCUT2D eigenvalue weighted by Crippen LogP contribution is -2.15. The molecule has 0 saturated heterocycles. The van der Waals surface area contributed by atoms with Gasteiger partial charge < -0.3 is 0 Å². The zero-order valence-electron chi connectivity index (χ0n) is 13.8. The number of hydrogen-bond acceptors (Lipinski definition) is 0. The molecular formula is C17H38. The molecule has 17 heavy (non-hydrogen) atoms. The topological polar surface area (TPSA) is 0 Å². The van der Waals surface area contributed by atoms with E-state index in [0.29, 0.717) is 0 Å². The fourth-order valence-electron chi connectivity index (χ4n) is 3.54. The standard InChI is InChI=1S/C13H26.2C2H6/c1-5-8-13-10(4)9-11(6-2)12(13)7-3;2*1-2/h10-13H,5-9H2,1-4H3;2*1-2H3. The molecule has 0 heterocycles. The lowest BCUT2D eigenvalue weighted by molar-refractivity contribution is 0.260. The van der Waals surface area contributed by atoms with Gasteiger partial charge in [0.25, 0.3) is 0 Å². The van der Waals surface area contributed by atoms with Crippen molar-refractivity contribution in [3.8, 4) is 0 Å². The molecule has 1 aliphatic carbocycles. The van der Waals surface area contributed by atoms with E-state index in [1.807, 2.05) is 27.7 Å². The van der Waals surface area contributed by atoms with E-state index in [0.717, 1.165) is 23.7 Å². The predicted octanol–water partition coefficient (Wildman–Crippen LogP) is 6.55. The minimum absolute atomic E-state index is 0.995. The molecule has 1 aliphatic rings. The summed E-state index contributed by atoms with van der Waals surface area (Å²) >= 11 is 0. The van der Waals surface area contributed by atoms with Gasteiger partial charge in [-0.15, -0.1) is 0 Å². The third kappa shape index (κ3) is 5.93. The second-order valence-electron chi connectivity index (χ2n) is 4.91. The molecule has 0 N–H and O–H groups in total. The van der Waals surface area contributed by atoms with Crippen LogP contribution in [0.3, 0.4) is 0 Å². The maximum Gasteiger partial charge on any atom is -0.0357 e. The van der Waals surface area contributed by atoms with Gasteiger partial charge in [-0.3, -0.25) is 0 Å². The minimum atomic E-state index is 0.995. The van der Waals surface area contributed by atoms with Gasteiger partial charge in [0, 0.05) is 0 Å². The van der Waals surface area contributed by atoms with E-state index in [9.17, 15) is 0 Å². The van der Waals surface area contributed by atoms with Gasteiger partial charge in [-0.1, -0.05) is 81.1 Å². The zero-order valence-corrected chi connectivity index (χ0v) is 13.8. The Kier molecular flexibility index (Phi) is 14.2. The summed E-state index contributed by atoms with van der Waals surface area (Å²) in [6.45, 7) is 17.6. The molecule has 0 aromatic rings. The molecule has 0 amide bonds. The van der Waals surface area contributed by atoms with E-state index in [-0.39, 0.29) is 0 Å². The number of rotatable bonds is 4. The molecule has 0 aromatic heterocycles. The second kappa shape index (κ2) is 12.5. The summed E-state index contributed by atoms with van der Waals surface area (Å²) < 4.78 is 0. The Hall–Kier alpha value is 0. The van der Waals surface area contributed by atoms with Gasteiger partial charge in [0.05, 0.1) is 0 Å². The van der Waals surface area contributed by atoms with Gasteiger partial charge >= 0.3 is 0 Å². The first-order valence-electron chi connectivity index (χ1n) is 8.24.